The summed E-state index contributed by atoms with van der Waals surface area (Å²) in [6.07, 6.45) is 1.16. The second-order valence-electron chi connectivity index (χ2n) is 7.04. The van der Waals surface area contributed by atoms with Crippen LogP contribution in [0.1, 0.15) is 16.9 Å². The molecule has 1 fully saturated rings. The van der Waals surface area contributed by atoms with Gasteiger partial charge in [0.2, 0.25) is 0 Å². The molecule has 2 aromatic rings. The Bertz CT molecular complexity index is 1010. The van der Waals surface area contributed by atoms with Gasteiger partial charge in [0.25, 0.3) is 5.91 Å². The van der Waals surface area contributed by atoms with Crippen molar-refractivity contribution >= 4 is 29.6 Å². The number of benzene rings is 1. The monoisotopic (exact) mass is 442 g/mol. The zero-order valence-electron chi connectivity index (χ0n) is 15.6. The maximum absolute atomic E-state index is 13.5. The SMILES string of the molecule is Cn1cc2c(c1C(=O)Nc1cc(F)c(F)c(F)c1)OC[C@H]1C[C@H](CN1C(=O)O)NS2. The molecule has 1 aromatic heterocycles. The summed E-state index contributed by atoms with van der Waals surface area (Å²) in [5, 5.41) is 11.7. The third-order valence-corrected chi connectivity index (χ3v) is 5.94. The van der Waals surface area contributed by atoms with Crippen LogP contribution in [0.3, 0.4) is 0 Å². The lowest BCUT2D eigenvalue weighted by Gasteiger charge is -2.22. The van der Waals surface area contributed by atoms with Crippen LogP contribution in [0.25, 0.3) is 0 Å². The maximum Gasteiger partial charge on any atom is 0.407 e. The van der Waals surface area contributed by atoms with Gasteiger partial charge < -0.3 is 24.6 Å². The van der Waals surface area contributed by atoms with Crippen molar-refractivity contribution in [2.45, 2.75) is 23.4 Å². The van der Waals surface area contributed by atoms with Gasteiger partial charge in [0.05, 0.1) is 10.9 Å². The molecular formula is C18H17F3N4O4S. The van der Waals surface area contributed by atoms with Gasteiger partial charge in [-0.2, -0.15) is 0 Å². The van der Waals surface area contributed by atoms with E-state index in [1.807, 2.05) is 0 Å². The predicted molar refractivity (Wildman–Crippen MR) is 101 cm³/mol. The maximum atomic E-state index is 13.5. The summed E-state index contributed by atoms with van der Waals surface area (Å²) in [7, 11) is 1.60. The first-order valence-electron chi connectivity index (χ1n) is 8.94. The lowest BCUT2D eigenvalue weighted by molar-refractivity contribution is 0.100. The molecule has 0 aliphatic carbocycles. The Kier molecular flexibility index (Phi) is 5.28. The van der Waals surface area contributed by atoms with E-state index in [1.54, 1.807) is 13.2 Å². The second-order valence-corrected chi connectivity index (χ2v) is 7.92. The number of nitrogens with one attached hydrogen (secondary N) is 2. The number of rotatable bonds is 2. The van der Waals surface area contributed by atoms with E-state index in [9.17, 15) is 27.9 Å². The molecule has 8 nitrogen and oxygen atoms in total. The van der Waals surface area contributed by atoms with Crippen molar-refractivity contribution in [1.29, 1.82) is 0 Å². The van der Waals surface area contributed by atoms with Gasteiger partial charge in [0, 0.05) is 43.7 Å². The van der Waals surface area contributed by atoms with E-state index in [4.69, 9.17) is 4.74 Å². The van der Waals surface area contributed by atoms with Crippen molar-refractivity contribution in [2.24, 2.45) is 7.05 Å². The first-order valence-corrected chi connectivity index (χ1v) is 9.76. The van der Waals surface area contributed by atoms with Gasteiger partial charge in [0.1, 0.15) is 6.61 Å². The zero-order chi connectivity index (χ0) is 21.6. The van der Waals surface area contributed by atoms with Crippen LogP contribution in [0.15, 0.2) is 23.2 Å². The fourth-order valence-corrected chi connectivity index (χ4v) is 4.51. The van der Waals surface area contributed by atoms with E-state index >= 15 is 0 Å². The minimum Gasteiger partial charge on any atom is -0.488 e. The lowest BCUT2D eigenvalue weighted by atomic mass is 10.2. The van der Waals surface area contributed by atoms with E-state index < -0.39 is 29.5 Å². The highest BCUT2D eigenvalue weighted by Gasteiger charge is 2.38. The largest absolute Gasteiger partial charge is 0.488 e. The van der Waals surface area contributed by atoms with Crippen molar-refractivity contribution in [3.63, 3.8) is 0 Å². The summed E-state index contributed by atoms with van der Waals surface area (Å²) in [5.74, 6) is -4.98. The van der Waals surface area contributed by atoms with Gasteiger partial charge >= 0.3 is 6.09 Å². The number of aryl methyl sites for hydroxylation is 1. The van der Waals surface area contributed by atoms with E-state index in [2.05, 4.69) is 10.0 Å². The van der Waals surface area contributed by atoms with E-state index in [-0.39, 0.29) is 35.8 Å². The molecule has 1 aromatic carbocycles. The Labute approximate surface area is 173 Å². The summed E-state index contributed by atoms with van der Waals surface area (Å²) in [5.41, 5.74) is -0.180. The number of halogens is 3. The molecule has 2 bridgehead atoms. The zero-order valence-corrected chi connectivity index (χ0v) is 16.4. The smallest absolute Gasteiger partial charge is 0.407 e. The summed E-state index contributed by atoms with van der Waals surface area (Å²) < 4.78 is 50.6. The third kappa shape index (κ3) is 3.67. The number of nitrogens with zero attached hydrogens (tertiary/aromatic N) is 2. The predicted octanol–water partition coefficient (Wildman–Crippen LogP) is 2.80. The molecule has 0 unspecified atom stereocenters. The van der Waals surface area contributed by atoms with Crippen LogP contribution < -0.4 is 14.8 Å². The van der Waals surface area contributed by atoms with Crippen LogP contribution in [0.2, 0.25) is 0 Å². The molecule has 30 heavy (non-hydrogen) atoms. The van der Waals surface area contributed by atoms with Gasteiger partial charge in [-0.05, 0) is 18.4 Å². The quantitative estimate of drug-likeness (QED) is 0.489. The number of amides is 2. The van der Waals surface area contributed by atoms with Crippen LogP contribution in [0.5, 0.6) is 5.75 Å². The van der Waals surface area contributed by atoms with Crippen molar-refractivity contribution < 1.29 is 32.6 Å². The van der Waals surface area contributed by atoms with E-state index in [1.165, 1.54) is 21.4 Å². The fraction of sp³-hybridized carbons (Fsp3) is 0.333. The summed E-state index contributed by atoms with van der Waals surface area (Å²) in [4.78, 5) is 26.1. The molecule has 3 N–H and O–H groups in total. The molecule has 160 valence electrons. The molecule has 2 aliphatic rings. The Balaban J connectivity index is 1.61. The molecule has 0 saturated carbocycles. The molecular weight excluding hydrogens is 425 g/mol. The van der Waals surface area contributed by atoms with Crippen LogP contribution >= 0.6 is 11.9 Å². The van der Waals surface area contributed by atoms with Gasteiger partial charge in [-0.1, -0.05) is 0 Å². The van der Waals surface area contributed by atoms with Crippen LogP contribution in [-0.4, -0.2) is 51.8 Å². The fourth-order valence-electron chi connectivity index (χ4n) is 3.59. The summed E-state index contributed by atoms with van der Waals surface area (Å²) in [6, 6.07) is 0.889. The number of aromatic nitrogens is 1. The minimum atomic E-state index is -1.63. The molecule has 2 amide bonds. The lowest BCUT2D eigenvalue weighted by Crippen LogP contribution is -2.39. The highest BCUT2D eigenvalue weighted by molar-refractivity contribution is 7.97. The number of hydrogen-bond acceptors (Lipinski definition) is 5. The molecule has 2 aliphatic heterocycles. The summed E-state index contributed by atoms with van der Waals surface area (Å²) >= 11 is 1.21. The van der Waals surface area contributed by atoms with Crippen molar-refractivity contribution in [3.8, 4) is 5.75 Å². The number of hydrogen-bond donors (Lipinski definition) is 3. The van der Waals surface area contributed by atoms with Crippen LogP contribution in [0.4, 0.5) is 23.7 Å². The highest BCUT2D eigenvalue weighted by Crippen LogP contribution is 2.36. The molecule has 2 atom stereocenters. The number of carbonyl (C=O) groups excluding carboxylic acids is 1. The van der Waals surface area contributed by atoms with E-state index in [0.717, 1.165) is 0 Å². The number of likely N-dealkylation sites (tertiary alicyclic amines) is 1. The van der Waals surface area contributed by atoms with Gasteiger partial charge in [-0.15, -0.1) is 0 Å². The standard InChI is InChI=1S/C18H17F3N4O4S/c1-24-6-13-16(29-7-10-2-9(23-30-13)5-25(10)18(27)28)15(24)17(26)22-8-3-11(19)14(21)12(20)4-8/h3-4,6,9-10,23H,2,5,7H2,1H3,(H,22,26)(H,27,28)/t9-,10-/m1/s1. The van der Waals surface area contributed by atoms with Gasteiger partial charge in [-0.3, -0.25) is 9.52 Å². The topological polar surface area (TPSA) is 95.8 Å². The molecule has 1 saturated heterocycles. The number of carbonyl (C=O) groups is 2. The van der Waals surface area contributed by atoms with Gasteiger partial charge in [-0.25, -0.2) is 18.0 Å². The summed E-state index contributed by atoms with van der Waals surface area (Å²) in [6.45, 7) is 0.371. The Morgan fingerprint density at radius 2 is 2.00 bits per heavy atom. The van der Waals surface area contributed by atoms with Crippen molar-refractivity contribution in [3.05, 3.63) is 41.5 Å². The number of anilines is 1. The average Bonchev–Trinajstić information content (AvgIpc) is 3.24. The van der Waals surface area contributed by atoms with Crippen LogP contribution in [0, 0.1) is 17.5 Å². The highest BCUT2D eigenvalue weighted by atomic mass is 32.2. The third-order valence-electron chi connectivity index (χ3n) is 4.97. The van der Waals surface area contributed by atoms with Crippen LogP contribution in [-0.2, 0) is 7.05 Å². The minimum absolute atomic E-state index is 0.0438. The number of carboxylic acid groups (broad SMARTS) is 1. The number of fused-ring (bicyclic) bond motifs is 3. The van der Waals surface area contributed by atoms with Crippen molar-refractivity contribution in [2.75, 3.05) is 18.5 Å². The Morgan fingerprint density at radius 1 is 1.30 bits per heavy atom. The Hall–Kier alpha value is -2.86. The molecule has 4 rings (SSSR count). The Morgan fingerprint density at radius 3 is 2.67 bits per heavy atom. The first kappa shape index (κ1) is 20.4. The molecule has 3 heterocycles. The number of ether oxygens (including phenoxy) is 1. The average molecular weight is 442 g/mol. The second kappa shape index (κ2) is 7.76. The molecule has 12 heteroatoms. The first-order chi connectivity index (χ1) is 14.2. The van der Waals surface area contributed by atoms with Crippen molar-refractivity contribution in [1.82, 2.24) is 14.2 Å². The normalized spacial score (nSPS) is 20.6. The van der Waals surface area contributed by atoms with Gasteiger partial charge in [0.15, 0.2) is 28.9 Å². The van der Waals surface area contributed by atoms with E-state index in [0.29, 0.717) is 30.0 Å². The molecule has 0 spiro atoms. The molecule has 0 radical (unpaired) electrons.